The Balaban J connectivity index is 1.71. The predicted molar refractivity (Wildman–Crippen MR) is 134 cm³/mol. The molecule has 0 spiro atoms. The van der Waals surface area contributed by atoms with Gasteiger partial charge in [0, 0.05) is 35.6 Å². The maximum atomic E-state index is 13.5. The highest BCUT2D eigenvalue weighted by atomic mass is 16.7. The van der Waals surface area contributed by atoms with E-state index in [0.717, 1.165) is 7.11 Å². The summed E-state index contributed by atoms with van der Waals surface area (Å²) in [7, 11) is 1.16. The number of aromatic hydroxyl groups is 2. The second kappa shape index (κ2) is 9.68. The van der Waals surface area contributed by atoms with Gasteiger partial charge in [-0.1, -0.05) is 19.1 Å². The Kier molecular flexibility index (Phi) is 6.76. The van der Waals surface area contributed by atoms with Crippen molar-refractivity contribution >= 4 is 17.5 Å². The molecule has 7 atom stereocenters. The lowest BCUT2D eigenvalue weighted by Crippen LogP contribution is -2.52. The first-order valence-corrected chi connectivity index (χ1v) is 12.8. The van der Waals surface area contributed by atoms with Crippen LogP contribution in [0.15, 0.2) is 24.3 Å². The molecule has 2 aromatic rings. The number of nitrogens with two attached hydrogens (primary N) is 1. The molecule has 0 radical (unpaired) electrons. The Morgan fingerprint density at radius 1 is 1.18 bits per heavy atom. The van der Waals surface area contributed by atoms with Crippen molar-refractivity contribution in [2.24, 2.45) is 5.73 Å². The SMILES string of the molecule is CC[C@@]1(O)C[C@H](O[C@H]2C[C@H](N)[C@H](O)[C@H](C)O2)c2c(cc3c(c2O)C(=O)c2c(O)cccc2C3=O)[C@H]1C(=O)OC. The van der Waals surface area contributed by atoms with E-state index in [1.807, 2.05) is 0 Å². The highest BCUT2D eigenvalue weighted by molar-refractivity contribution is 6.30. The minimum atomic E-state index is -1.70. The number of benzene rings is 2. The smallest absolute Gasteiger partial charge is 0.316 e. The third-order valence-corrected chi connectivity index (χ3v) is 8.18. The van der Waals surface area contributed by atoms with E-state index in [1.54, 1.807) is 13.8 Å². The predicted octanol–water partition coefficient (Wildman–Crippen LogP) is 1.56. The van der Waals surface area contributed by atoms with Gasteiger partial charge in [0.05, 0.1) is 42.1 Å². The fraction of sp³-hybridized carbons (Fsp3) is 0.464. The Morgan fingerprint density at radius 3 is 2.54 bits per heavy atom. The Bertz CT molecular complexity index is 1360. The van der Waals surface area contributed by atoms with Gasteiger partial charge in [0.25, 0.3) is 0 Å². The van der Waals surface area contributed by atoms with Gasteiger partial charge in [-0.3, -0.25) is 14.4 Å². The van der Waals surface area contributed by atoms with E-state index >= 15 is 0 Å². The number of phenols is 2. The summed E-state index contributed by atoms with van der Waals surface area (Å²) in [5, 5.41) is 43.8. The van der Waals surface area contributed by atoms with Crippen molar-refractivity contribution in [3.8, 4) is 11.5 Å². The van der Waals surface area contributed by atoms with Crippen LogP contribution in [-0.2, 0) is 19.0 Å². The zero-order valence-electron chi connectivity index (χ0n) is 21.7. The number of aliphatic hydroxyl groups is 2. The maximum Gasteiger partial charge on any atom is 0.316 e. The summed E-state index contributed by atoms with van der Waals surface area (Å²) in [6, 6.07) is 4.73. The van der Waals surface area contributed by atoms with E-state index in [-0.39, 0.29) is 52.6 Å². The van der Waals surface area contributed by atoms with Crippen molar-refractivity contribution in [1.29, 1.82) is 0 Å². The molecule has 1 aliphatic heterocycles. The van der Waals surface area contributed by atoms with Crippen molar-refractivity contribution < 1.29 is 49.0 Å². The summed E-state index contributed by atoms with van der Waals surface area (Å²) in [6.07, 6.45) is -3.60. The molecule has 3 aliphatic rings. The van der Waals surface area contributed by atoms with Gasteiger partial charge in [-0.15, -0.1) is 0 Å². The van der Waals surface area contributed by atoms with Gasteiger partial charge in [-0.2, -0.15) is 0 Å². The number of fused-ring (bicyclic) bond motifs is 3. The molecule has 39 heavy (non-hydrogen) atoms. The molecule has 1 saturated heterocycles. The van der Waals surface area contributed by atoms with Gasteiger partial charge in [0.15, 0.2) is 12.1 Å². The molecule has 11 nitrogen and oxygen atoms in total. The standard InChI is InChI=1S/C28H31NO10/c1-4-28(36)10-17(39-18-9-15(29)23(31)11(2)38-18)20-13(22(28)27(35)37-3)8-14-21(26(20)34)25(33)19-12(24(14)32)6-5-7-16(19)30/h5-8,11,15,17-18,22-23,30-31,34,36H,4,9-10,29H2,1-3H3/t11-,15-,17-,18-,22-,23+,28+/m0/s1. The first-order valence-electron chi connectivity index (χ1n) is 12.8. The molecule has 0 amide bonds. The van der Waals surface area contributed by atoms with Crippen LogP contribution in [0.4, 0.5) is 0 Å². The first kappa shape index (κ1) is 27.2. The van der Waals surface area contributed by atoms with Gasteiger partial charge < -0.3 is 40.4 Å². The van der Waals surface area contributed by atoms with Crippen molar-refractivity contribution in [3.63, 3.8) is 0 Å². The molecule has 0 saturated carbocycles. The molecule has 1 heterocycles. The van der Waals surface area contributed by atoms with Gasteiger partial charge >= 0.3 is 5.97 Å². The highest BCUT2D eigenvalue weighted by Gasteiger charge is 2.53. The van der Waals surface area contributed by atoms with Crippen LogP contribution in [0.25, 0.3) is 0 Å². The number of hydrogen-bond donors (Lipinski definition) is 5. The molecule has 11 heteroatoms. The number of methoxy groups -OCH3 is 1. The number of phenolic OH excluding ortho intramolecular Hbond substituents is 2. The molecule has 1 fully saturated rings. The lowest BCUT2D eigenvalue weighted by molar-refractivity contribution is -0.248. The van der Waals surface area contributed by atoms with Crippen LogP contribution in [0.2, 0.25) is 0 Å². The van der Waals surface area contributed by atoms with Crippen molar-refractivity contribution in [2.75, 3.05) is 7.11 Å². The summed E-state index contributed by atoms with van der Waals surface area (Å²) in [6.45, 7) is 3.31. The number of esters is 1. The van der Waals surface area contributed by atoms with Crippen LogP contribution in [0.1, 0.15) is 88.1 Å². The van der Waals surface area contributed by atoms with Crippen LogP contribution < -0.4 is 5.73 Å². The normalized spacial score (nSPS) is 31.7. The molecule has 0 aromatic heterocycles. The Labute approximate surface area is 224 Å². The number of ketones is 2. The summed E-state index contributed by atoms with van der Waals surface area (Å²) in [5.41, 5.74) is 3.67. The van der Waals surface area contributed by atoms with E-state index in [4.69, 9.17) is 19.9 Å². The summed E-state index contributed by atoms with van der Waals surface area (Å²) in [4.78, 5) is 40.0. The summed E-state index contributed by atoms with van der Waals surface area (Å²) >= 11 is 0. The lowest BCUT2D eigenvalue weighted by atomic mass is 9.67. The number of ether oxygens (including phenoxy) is 3. The van der Waals surface area contributed by atoms with Gasteiger partial charge in [0.2, 0.25) is 5.78 Å². The monoisotopic (exact) mass is 541 g/mol. The van der Waals surface area contributed by atoms with E-state index in [2.05, 4.69) is 0 Å². The van der Waals surface area contributed by atoms with Crippen molar-refractivity contribution in [3.05, 3.63) is 57.6 Å². The molecular formula is C28H31NO10. The second-order valence-electron chi connectivity index (χ2n) is 10.4. The number of carbonyl (C=O) groups excluding carboxylic acids is 3. The average molecular weight is 542 g/mol. The number of rotatable bonds is 4. The third kappa shape index (κ3) is 4.12. The number of aliphatic hydroxyl groups excluding tert-OH is 1. The minimum absolute atomic E-state index is 0.0262. The minimum Gasteiger partial charge on any atom is -0.507 e. The third-order valence-electron chi connectivity index (χ3n) is 8.18. The molecule has 2 aromatic carbocycles. The van der Waals surface area contributed by atoms with Crippen LogP contribution in [-0.4, -0.2) is 75.2 Å². The van der Waals surface area contributed by atoms with Crippen LogP contribution in [0.5, 0.6) is 11.5 Å². The fourth-order valence-electron chi connectivity index (χ4n) is 6.04. The topological polar surface area (TPSA) is 186 Å². The second-order valence-corrected chi connectivity index (χ2v) is 10.4. The average Bonchev–Trinajstić information content (AvgIpc) is 2.89. The van der Waals surface area contributed by atoms with Crippen LogP contribution in [0, 0.1) is 0 Å². The molecule has 0 bridgehead atoms. The largest absolute Gasteiger partial charge is 0.507 e. The maximum absolute atomic E-state index is 13.5. The summed E-state index contributed by atoms with van der Waals surface area (Å²) < 4.78 is 17.0. The Morgan fingerprint density at radius 2 is 1.90 bits per heavy atom. The van der Waals surface area contributed by atoms with Gasteiger partial charge in [-0.05, 0) is 31.0 Å². The number of carbonyl (C=O) groups is 3. The molecule has 6 N–H and O–H groups in total. The quantitative estimate of drug-likeness (QED) is 0.302. The van der Waals surface area contributed by atoms with Crippen molar-refractivity contribution in [2.45, 2.75) is 75.3 Å². The zero-order valence-corrected chi connectivity index (χ0v) is 21.7. The first-order chi connectivity index (χ1) is 18.4. The molecular weight excluding hydrogens is 510 g/mol. The molecule has 2 aliphatic carbocycles. The van der Waals surface area contributed by atoms with Gasteiger partial charge in [0.1, 0.15) is 17.4 Å². The van der Waals surface area contributed by atoms with Crippen molar-refractivity contribution in [1.82, 2.24) is 0 Å². The number of hydrogen-bond acceptors (Lipinski definition) is 11. The van der Waals surface area contributed by atoms with E-state index < -0.39 is 71.2 Å². The van der Waals surface area contributed by atoms with Gasteiger partial charge in [-0.25, -0.2) is 0 Å². The molecule has 208 valence electrons. The van der Waals surface area contributed by atoms with Crippen LogP contribution >= 0.6 is 0 Å². The summed E-state index contributed by atoms with van der Waals surface area (Å²) in [5.74, 6) is -4.51. The zero-order chi connectivity index (χ0) is 28.4. The Hall–Kier alpha value is -3.35. The van der Waals surface area contributed by atoms with Crippen LogP contribution in [0.3, 0.4) is 0 Å². The van der Waals surface area contributed by atoms with E-state index in [9.17, 15) is 34.8 Å². The van der Waals surface area contributed by atoms with E-state index in [1.165, 1.54) is 24.3 Å². The lowest BCUT2D eigenvalue weighted by Gasteiger charge is -2.45. The molecule has 5 rings (SSSR count). The fourth-order valence-corrected chi connectivity index (χ4v) is 6.04. The molecule has 0 unspecified atom stereocenters. The van der Waals surface area contributed by atoms with E-state index in [0.29, 0.717) is 0 Å². The highest BCUT2D eigenvalue weighted by Crippen LogP contribution is 2.53.